The lowest BCUT2D eigenvalue weighted by Gasteiger charge is -2.25. The van der Waals surface area contributed by atoms with Gasteiger partial charge in [0.1, 0.15) is 6.10 Å². The van der Waals surface area contributed by atoms with Crippen LogP contribution < -0.4 is 4.90 Å². The Morgan fingerprint density at radius 2 is 2.21 bits per heavy atom. The standard InChI is InChI=1S/C14H18N2O3/c1-10(19-2)14(17)16-9-5-7-12(15-18)11-6-3-4-8-13(11)16/h3-4,6,8,10,18H,5,7,9H2,1-2H3/b15-12-. The fourth-order valence-corrected chi connectivity index (χ4v) is 2.27. The molecule has 2 rings (SSSR count). The molecule has 1 atom stereocenters. The van der Waals surface area contributed by atoms with Crippen LogP contribution in [0.4, 0.5) is 5.69 Å². The number of hydrogen-bond acceptors (Lipinski definition) is 4. The van der Waals surface area contributed by atoms with Crippen LogP contribution in [0.3, 0.4) is 0 Å². The summed E-state index contributed by atoms with van der Waals surface area (Å²) in [5, 5.41) is 12.5. The van der Waals surface area contributed by atoms with E-state index in [1.165, 1.54) is 7.11 Å². The second-order valence-corrected chi connectivity index (χ2v) is 4.54. The van der Waals surface area contributed by atoms with Gasteiger partial charge in [-0.05, 0) is 25.8 Å². The zero-order valence-electron chi connectivity index (χ0n) is 11.2. The van der Waals surface area contributed by atoms with Crippen LogP contribution in [0.15, 0.2) is 29.4 Å². The van der Waals surface area contributed by atoms with E-state index in [9.17, 15) is 4.79 Å². The lowest BCUT2D eigenvalue weighted by Crippen LogP contribution is -2.39. The van der Waals surface area contributed by atoms with E-state index in [1.54, 1.807) is 11.8 Å². The van der Waals surface area contributed by atoms with E-state index in [4.69, 9.17) is 9.94 Å². The Hall–Kier alpha value is -1.88. The van der Waals surface area contributed by atoms with E-state index in [-0.39, 0.29) is 5.91 Å². The zero-order chi connectivity index (χ0) is 13.8. The minimum Gasteiger partial charge on any atom is -0.411 e. The molecule has 1 N–H and O–H groups in total. The highest BCUT2D eigenvalue weighted by molar-refractivity contribution is 6.09. The molecule has 0 aliphatic carbocycles. The van der Waals surface area contributed by atoms with Crippen molar-refractivity contribution in [3.8, 4) is 0 Å². The number of ether oxygens (including phenoxy) is 1. The first-order chi connectivity index (χ1) is 9.19. The Kier molecular flexibility index (Phi) is 4.16. The second-order valence-electron chi connectivity index (χ2n) is 4.54. The number of anilines is 1. The Labute approximate surface area is 112 Å². The Bertz CT molecular complexity index is 499. The van der Waals surface area contributed by atoms with Gasteiger partial charge in [0, 0.05) is 19.2 Å². The van der Waals surface area contributed by atoms with Crippen molar-refractivity contribution >= 4 is 17.3 Å². The monoisotopic (exact) mass is 262 g/mol. The largest absolute Gasteiger partial charge is 0.411 e. The van der Waals surface area contributed by atoms with Gasteiger partial charge in [0.15, 0.2) is 0 Å². The first-order valence-corrected chi connectivity index (χ1v) is 6.33. The van der Waals surface area contributed by atoms with Crippen LogP contribution in [-0.2, 0) is 9.53 Å². The van der Waals surface area contributed by atoms with E-state index in [1.807, 2.05) is 24.3 Å². The highest BCUT2D eigenvalue weighted by Gasteiger charge is 2.27. The molecular weight excluding hydrogens is 244 g/mol. The van der Waals surface area contributed by atoms with Gasteiger partial charge in [0.2, 0.25) is 0 Å². The quantitative estimate of drug-likeness (QED) is 0.655. The lowest BCUT2D eigenvalue weighted by atomic mass is 10.1. The van der Waals surface area contributed by atoms with Crippen LogP contribution in [0.25, 0.3) is 0 Å². The molecule has 0 saturated heterocycles. The van der Waals surface area contributed by atoms with Crippen molar-refractivity contribution in [3.05, 3.63) is 29.8 Å². The lowest BCUT2D eigenvalue weighted by molar-refractivity contribution is -0.127. The maximum Gasteiger partial charge on any atom is 0.255 e. The first-order valence-electron chi connectivity index (χ1n) is 6.33. The summed E-state index contributed by atoms with van der Waals surface area (Å²) in [6.07, 6.45) is 0.926. The number of nitrogens with zero attached hydrogens (tertiary/aromatic N) is 2. The summed E-state index contributed by atoms with van der Waals surface area (Å²) in [7, 11) is 1.52. The minimum absolute atomic E-state index is 0.0749. The number of amides is 1. The summed E-state index contributed by atoms with van der Waals surface area (Å²) < 4.78 is 5.10. The van der Waals surface area contributed by atoms with E-state index in [0.717, 1.165) is 17.7 Å². The molecule has 5 nitrogen and oxygen atoms in total. The van der Waals surface area contributed by atoms with Gasteiger partial charge in [-0.25, -0.2) is 0 Å². The summed E-state index contributed by atoms with van der Waals surface area (Å²) in [5.74, 6) is -0.0749. The van der Waals surface area contributed by atoms with Crippen LogP contribution in [0, 0.1) is 0 Å². The maximum atomic E-state index is 12.3. The molecule has 0 bridgehead atoms. The summed E-state index contributed by atoms with van der Waals surface area (Å²) in [6, 6.07) is 7.48. The number of carbonyl (C=O) groups is 1. The molecule has 1 heterocycles. The summed E-state index contributed by atoms with van der Waals surface area (Å²) in [4.78, 5) is 14.0. The highest BCUT2D eigenvalue weighted by atomic mass is 16.5. The number of carbonyl (C=O) groups excluding carboxylic acids is 1. The van der Waals surface area contributed by atoms with Crippen LogP contribution in [0.2, 0.25) is 0 Å². The third kappa shape index (κ3) is 2.61. The molecule has 1 aromatic carbocycles. The number of fused-ring (bicyclic) bond motifs is 1. The predicted molar refractivity (Wildman–Crippen MR) is 72.8 cm³/mol. The normalized spacial score (nSPS) is 18.8. The van der Waals surface area contributed by atoms with Crippen molar-refractivity contribution in [1.82, 2.24) is 0 Å². The average Bonchev–Trinajstić information content (AvgIpc) is 2.64. The Morgan fingerprint density at radius 3 is 2.89 bits per heavy atom. The van der Waals surface area contributed by atoms with E-state index >= 15 is 0 Å². The third-order valence-corrected chi connectivity index (χ3v) is 3.39. The van der Waals surface area contributed by atoms with Gasteiger partial charge in [-0.3, -0.25) is 4.79 Å². The summed E-state index contributed by atoms with van der Waals surface area (Å²) >= 11 is 0. The molecule has 0 fully saturated rings. The molecule has 5 heteroatoms. The topological polar surface area (TPSA) is 62.1 Å². The molecule has 1 unspecified atom stereocenters. The number of methoxy groups -OCH3 is 1. The van der Waals surface area contributed by atoms with Crippen molar-refractivity contribution < 1.29 is 14.7 Å². The van der Waals surface area contributed by atoms with Crippen molar-refractivity contribution in [2.45, 2.75) is 25.9 Å². The van der Waals surface area contributed by atoms with Crippen molar-refractivity contribution in [3.63, 3.8) is 0 Å². The molecule has 102 valence electrons. The number of para-hydroxylation sites is 1. The maximum absolute atomic E-state index is 12.3. The van der Waals surface area contributed by atoms with Gasteiger partial charge in [-0.15, -0.1) is 0 Å². The average molecular weight is 262 g/mol. The van der Waals surface area contributed by atoms with Gasteiger partial charge in [-0.2, -0.15) is 0 Å². The van der Waals surface area contributed by atoms with E-state index in [0.29, 0.717) is 18.7 Å². The highest BCUT2D eigenvalue weighted by Crippen LogP contribution is 2.27. The fraction of sp³-hybridized carbons (Fsp3) is 0.429. The molecule has 1 aliphatic rings. The Balaban J connectivity index is 2.44. The SMILES string of the molecule is COC(C)C(=O)N1CCC/C(=N/O)c2ccccc21. The molecule has 0 radical (unpaired) electrons. The number of rotatable bonds is 2. The molecular formula is C14H18N2O3. The van der Waals surface area contributed by atoms with Crippen LogP contribution >= 0.6 is 0 Å². The van der Waals surface area contributed by atoms with Crippen molar-refractivity contribution in [2.24, 2.45) is 5.16 Å². The molecule has 19 heavy (non-hydrogen) atoms. The number of benzene rings is 1. The minimum atomic E-state index is -0.485. The van der Waals surface area contributed by atoms with Gasteiger partial charge < -0.3 is 14.8 Å². The second kappa shape index (κ2) is 5.84. The molecule has 1 aliphatic heterocycles. The first kappa shape index (κ1) is 13.5. The smallest absolute Gasteiger partial charge is 0.255 e. The van der Waals surface area contributed by atoms with E-state index in [2.05, 4.69) is 5.16 Å². The zero-order valence-corrected chi connectivity index (χ0v) is 11.2. The van der Waals surface area contributed by atoms with E-state index < -0.39 is 6.10 Å². The van der Waals surface area contributed by atoms with Gasteiger partial charge in [0.05, 0.1) is 11.4 Å². The van der Waals surface area contributed by atoms with Crippen molar-refractivity contribution in [1.29, 1.82) is 0 Å². The third-order valence-electron chi connectivity index (χ3n) is 3.39. The molecule has 0 spiro atoms. The van der Waals surface area contributed by atoms with Crippen LogP contribution in [0.5, 0.6) is 0 Å². The number of hydrogen-bond donors (Lipinski definition) is 1. The molecule has 0 aromatic heterocycles. The summed E-state index contributed by atoms with van der Waals surface area (Å²) in [6.45, 7) is 2.33. The predicted octanol–water partition coefficient (Wildman–Crippen LogP) is 2.03. The fourth-order valence-electron chi connectivity index (χ4n) is 2.27. The van der Waals surface area contributed by atoms with Crippen LogP contribution in [0.1, 0.15) is 25.3 Å². The van der Waals surface area contributed by atoms with Gasteiger partial charge in [-0.1, -0.05) is 23.4 Å². The summed E-state index contributed by atoms with van der Waals surface area (Å²) in [5.41, 5.74) is 2.21. The molecule has 1 amide bonds. The van der Waals surface area contributed by atoms with Crippen LogP contribution in [-0.4, -0.2) is 36.6 Å². The van der Waals surface area contributed by atoms with Gasteiger partial charge in [0.25, 0.3) is 5.91 Å². The Morgan fingerprint density at radius 1 is 1.47 bits per heavy atom. The molecule has 0 saturated carbocycles. The number of oxime groups is 1. The molecule has 1 aromatic rings. The van der Waals surface area contributed by atoms with Gasteiger partial charge >= 0.3 is 0 Å². The van der Waals surface area contributed by atoms with Crippen molar-refractivity contribution in [2.75, 3.05) is 18.6 Å².